The molecular formula is C21H28FN5O2S. The standard InChI is InChI=1S/C21H28FN5O2S/c1-15-18(29-14-23-15)19-24-25-20(26(19)3)30-12-4-9-27-10-11-28-17(13-27)21(2)7-5-16(22)6-8-21/h5-7,14,17H,4,8-13H2,1-3H3/t17-,21?/m0/s1. The smallest absolute Gasteiger partial charge is 0.202 e. The number of hydrogen-bond donors (Lipinski definition) is 0. The van der Waals surface area contributed by atoms with Gasteiger partial charge in [-0.1, -0.05) is 24.8 Å². The lowest BCUT2D eigenvalue weighted by atomic mass is 9.77. The maximum Gasteiger partial charge on any atom is 0.202 e. The van der Waals surface area contributed by atoms with Crippen LogP contribution in [0, 0.1) is 12.3 Å². The van der Waals surface area contributed by atoms with Crippen LogP contribution in [-0.2, 0) is 11.8 Å². The van der Waals surface area contributed by atoms with Crippen LogP contribution in [0.5, 0.6) is 0 Å². The van der Waals surface area contributed by atoms with E-state index in [9.17, 15) is 4.39 Å². The monoisotopic (exact) mass is 433 g/mol. The summed E-state index contributed by atoms with van der Waals surface area (Å²) < 4.78 is 26.8. The Morgan fingerprint density at radius 2 is 2.23 bits per heavy atom. The average Bonchev–Trinajstić information content (AvgIpc) is 3.33. The molecule has 3 heterocycles. The molecule has 2 aromatic heterocycles. The first-order valence-corrected chi connectivity index (χ1v) is 11.3. The summed E-state index contributed by atoms with van der Waals surface area (Å²) in [6, 6.07) is 0. The van der Waals surface area contributed by atoms with E-state index in [0.717, 1.165) is 49.3 Å². The number of aryl methyl sites for hydroxylation is 1. The van der Waals surface area contributed by atoms with Crippen LogP contribution in [-0.4, -0.2) is 62.7 Å². The van der Waals surface area contributed by atoms with Crippen LogP contribution in [0.2, 0.25) is 0 Å². The molecular weight excluding hydrogens is 405 g/mol. The predicted octanol–water partition coefficient (Wildman–Crippen LogP) is 3.78. The van der Waals surface area contributed by atoms with Crippen LogP contribution >= 0.6 is 11.8 Å². The summed E-state index contributed by atoms with van der Waals surface area (Å²) in [7, 11) is 1.95. The first kappa shape index (κ1) is 21.3. The van der Waals surface area contributed by atoms with Gasteiger partial charge in [0, 0.05) is 31.3 Å². The number of morpholine rings is 1. The summed E-state index contributed by atoms with van der Waals surface area (Å²) >= 11 is 1.70. The van der Waals surface area contributed by atoms with E-state index in [1.165, 1.54) is 6.39 Å². The number of rotatable bonds is 7. The topological polar surface area (TPSA) is 69.2 Å². The van der Waals surface area contributed by atoms with Crippen molar-refractivity contribution in [2.75, 3.05) is 32.0 Å². The molecule has 0 aromatic carbocycles. The van der Waals surface area contributed by atoms with Crippen LogP contribution in [0.3, 0.4) is 0 Å². The van der Waals surface area contributed by atoms with Gasteiger partial charge in [0.1, 0.15) is 5.83 Å². The summed E-state index contributed by atoms with van der Waals surface area (Å²) in [6.45, 7) is 7.58. The van der Waals surface area contributed by atoms with Crippen molar-refractivity contribution >= 4 is 11.8 Å². The van der Waals surface area contributed by atoms with E-state index in [-0.39, 0.29) is 17.3 Å². The van der Waals surface area contributed by atoms with Crippen molar-refractivity contribution in [2.45, 2.75) is 37.9 Å². The van der Waals surface area contributed by atoms with Crippen molar-refractivity contribution in [2.24, 2.45) is 12.5 Å². The molecule has 1 unspecified atom stereocenters. The highest BCUT2D eigenvalue weighted by molar-refractivity contribution is 7.99. The van der Waals surface area contributed by atoms with E-state index < -0.39 is 0 Å². The minimum absolute atomic E-state index is 0.0888. The van der Waals surface area contributed by atoms with Gasteiger partial charge in [0.2, 0.25) is 5.82 Å². The molecule has 7 nitrogen and oxygen atoms in total. The van der Waals surface area contributed by atoms with Gasteiger partial charge >= 0.3 is 0 Å². The second-order valence-electron chi connectivity index (χ2n) is 8.13. The number of thioether (sulfide) groups is 1. The Morgan fingerprint density at radius 1 is 1.37 bits per heavy atom. The van der Waals surface area contributed by atoms with Crippen LogP contribution in [0.25, 0.3) is 11.6 Å². The van der Waals surface area contributed by atoms with Gasteiger partial charge in [-0.2, -0.15) is 0 Å². The fourth-order valence-electron chi connectivity index (χ4n) is 3.87. The van der Waals surface area contributed by atoms with Gasteiger partial charge in [-0.05, 0) is 38.5 Å². The SMILES string of the molecule is Cc1ncoc1-c1nnc(SCCCN2CCO[C@H](C3(C)C=CC(F)=CC3)C2)n1C. The van der Waals surface area contributed by atoms with Crippen molar-refractivity contribution in [3.63, 3.8) is 0 Å². The third-order valence-corrected chi connectivity index (χ3v) is 6.99. The van der Waals surface area contributed by atoms with Gasteiger partial charge in [-0.15, -0.1) is 10.2 Å². The molecule has 0 saturated carbocycles. The highest BCUT2D eigenvalue weighted by atomic mass is 32.2. The van der Waals surface area contributed by atoms with E-state index in [2.05, 4.69) is 27.0 Å². The number of nitrogens with zero attached hydrogens (tertiary/aromatic N) is 5. The minimum Gasteiger partial charge on any atom is -0.440 e. The van der Waals surface area contributed by atoms with Crippen LogP contribution in [0.4, 0.5) is 4.39 Å². The Hall–Kier alpha value is -1.97. The number of hydrogen-bond acceptors (Lipinski definition) is 7. The minimum atomic E-state index is -0.150. The zero-order chi connectivity index (χ0) is 21.1. The van der Waals surface area contributed by atoms with Gasteiger partial charge < -0.3 is 13.7 Å². The van der Waals surface area contributed by atoms with E-state index in [1.54, 1.807) is 23.9 Å². The third-order valence-electron chi connectivity index (χ3n) is 5.88. The normalized spacial score (nSPS) is 24.9. The fraction of sp³-hybridized carbons (Fsp3) is 0.571. The highest BCUT2D eigenvalue weighted by Gasteiger charge is 2.36. The zero-order valence-corrected chi connectivity index (χ0v) is 18.5. The molecule has 2 atom stereocenters. The molecule has 9 heteroatoms. The highest BCUT2D eigenvalue weighted by Crippen LogP contribution is 2.36. The van der Waals surface area contributed by atoms with Crippen LogP contribution in [0.15, 0.2) is 40.0 Å². The summed E-state index contributed by atoms with van der Waals surface area (Å²) in [6.07, 6.45) is 8.44. The average molecular weight is 434 g/mol. The van der Waals surface area contributed by atoms with Crippen LogP contribution < -0.4 is 0 Å². The molecule has 0 spiro atoms. The van der Waals surface area contributed by atoms with E-state index in [4.69, 9.17) is 9.15 Å². The molecule has 0 bridgehead atoms. The zero-order valence-electron chi connectivity index (χ0n) is 17.7. The fourth-order valence-corrected chi connectivity index (χ4v) is 4.71. The van der Waals surface area contributed by atoms with Crippen molar-refractivity contribution < 1.29 is 13.5 Å². The van der Waals surface area contributed by atoms with Gasteiger partial charge in [0.15, 0.2) is 17.3 Å². The lowest BCUT2D eigenvalue weighted by molar-refractivity contribution is -0.0752. The third kappa shape index (κ3) is 4.53. The van der Waals surface area contributed by atoms with E-state index in [0.29, 0.717) is 18.0 Å². The second kappa shape index (κ2) is 9.03. The Balaban J connectivity index is 1.26. The molecule has 2 aromatic rings. The largest absolute Gasteiger partial charge is 0.440 e. The molecule has 1 fully saturated rings. The van der Waals surface area contributed by atoms with Crippen LogP contribution in [0.1, 0.15) is 25.5 Å². The van der Waals surface area contributed by atoms with Gasteiger partial charge in [0.25, 0.3) is 0 Å². The van der Waals surface area contributed by atoms with Crippen molar-refractivity contribution in [3.8, 4) is 11.6 Å². The molecule has 1 aliphatic carbocycles. The molecule has 30 heavy (non-hydrogen) atoms. The Kier molecular flexibility index (Phi) is 6.40. The molecule has 4 rings (SSSR count). The van der Waals surface area contributed by atoms with Gasteiger partial charge in [0.05, 0.1) is 18.4 Å². The summed E-state index contributed by atoms with van der Waals surface area (Å²) in [5.41, 5.74) is 0.667. The number of ether oxygens (including phenoxy) is 1. The quantitative estimate of drug-likeness (QED) is 0.486. The number of allylic oxidation sites excluding steroid dienone is 3. The molecule has 0 N–H and O–H groups in total. The maximum absolute atomic E-state index is 13.3. The first-order chi connectivity index (χ1) is 14.5. The molecule has 162 valence electrons. The van der Waals surface area contributed by atoms with Gasteiger partial charge in [-0.25, -0.2) is 9.37 Å². The lowest BCUT2D eigenvalue weighted by Gasteiger charge is -2.42. The van der Waals surface area contributed by atoms with Crippen molar-refractivity contribution in [1.29, 1.82) is 0 Å². The summed E-state index contributed by atoms with van der Waals surface area (Å²) in [5.74, 6) is 2.16. The number of aromatic nitrogens is 4. The Labute approximate surface area is 180 Å². The lowest BCUT2D eigenvalue weighted by Crippen LogP contribution is -2.49. The summed E-state index contributed by atoms with van der Waals surface area (Å²) in [4.78, 5) is 6.57. The molecule has 0 amide bonds. The summed E-state index contributed by atoms with van der Waals surface area (Å²) in [5, 5.41) is 9.42. The number of halogens is 1. The Bertz CT molecular complexity index is 940. The first-order valence-electron chi connectivity index (χ1n) is 10.3. The van der Waals surface area contributed by atoms with Gasteiger partial charge in [-0.3, -0.25) is 4.90 Å². The molecule has 1 aliphatic heterocycles. The second-order valence-corrected chi connectivity index (χ2v) is 9.19. The molecule has 2 aliphatic rings. The van der Waals surface area contributed by atoms with Crippen molar-refractivity contribution in [1.82, 2.24) is 24.6 Å². The van der Waals surface area contributed by atoms with Crippen molar-refractivity contribution in [3.05, 3.63) is 36.1 Å². The Morgan fingerprint density at radius 3 is 2.97 bits per heavy atom. The maximum atomic E-state index is 13.3. The molecule has 1 saturated heterocycles. The predicted molar refractivity (Wildman–Crippen MR) is 114 cm³/mol. The van der Waals surface area contributed by atoms with E-state index >= 15 is 0 Å². The van der Waals surface area contributed by atoms with E-state index in [1.807, 2.05) is 24.6 Å². The molecule has 0 radical (unpaired) electrons. The number of oxazole rings is 1.